The van der Waals surface area contributed by atoms with Crippen LogP contribution in [0.1, 0.15) is 25.3 Å². The molecule has 1 fully saturated rings. The third kappa shape index (κ3) is 3.11. The summed E-state index contributed by atoms with van der Waals surface area (Å²) < 4.78 is 26.5. The quantitative estimate of drug-likeness (QED) is 0.916. The fourth-order valence-electron chi connectivity index (χ4n) is 2.96. The maximum atomic E-state index is 12.0. The molecule has 0 aliphatic carbocycles. The average Bonchev–Trinajstić information content (AvgIpc) is 3.04. The van der Waals surface area contributed by atoms with Crippen LogP contribution >= 0.6 is 0 Å². The van der Waals surface area contributed by atoms with E-state index in [0.29, 0.717) is 28.8 Å². The van der Waals surface area contributed by atoms with Crippen molar-refractivity contribution < 1.29 is 8.42 Å². The number of hydrogen-bond donors (Lipinski definition) is 1. The third-order valence-electron chi connectivity index (χ3n) is 3.99. The molecule has 0 saturated carbocycles. The number of aliphatic imine (C=N–C) groups is 1. The highest BCUT2D eigenvalue weighted by molar-refractivity contribution is 7.90. The second-order valence-electron chi connectivity index (χ2n) is 5.90. The van der Waals surface area contributed by atoms with Gasteiger partial charge in [0.1, 0.15) is 5.84 Å². The Hall–Kier alpha value is -1.40. The second kappa shape index (κ2) is 5.77. The van der Waals surface area contributed by atoms with Gasteiger partial charge in [0.15, 0.2) is 0 Å². The van der Waals surface area contributed by atoms with Crippen molar-refractivity contribution in [2.75, 3.05) is 26.2 Å². The van der Waals surface area contributed by atoms with Crippen molar-refractivity contribution in [3.05, 3.63) is 29.8 Å². The summed E-state index contributed by atoms with van der Waals surface area (Å²) in [5, 5.41) is 0. The average molecular weight is 307 g/mol. The van der Waals surface area contributed by atoms with Crippen molar-refractivity contribution in [3.63, 3.8) is 0 Å². The molecule has 114 valence electrons. The summed E-state index contributed by atoms with van der Waals surface area (Å²) in [6.07, 6.45) is 2.57. The molecule has 6 heteroatoms. The van der Waals surface area contributed by atoms with Gasteiger partial charge in [-0.05, 0) is 44.0 Å². The van der Waals surface area contributed by atoms with Gasteiger partial charge < -0.3 is 4.90 Å². The minimum absolute atomic E-state index is 0.330. The van der Waals surface area contributed by atoms with Gasteiger partial charge in [0.05, 0.1) is 4.90 Å². The van der Waals surface area contributed by atoms with E-state index in [9.17, 15) is 8.42 Å². The van der Waals surface area contributed by atoms with Crippen molar-refractivity contribution in [1.29, 1.82) is 0 Å². The highest BCUT2D eigenvalue weighted by Crippen LogP contribution is 2.22. The molecule has 0 spiro atoms. The molecule has 0 bridgehead atoms. The maximum Gasteiger partial charge on any atom is 0.263 e. The summed E-state index contributed by atoms with van der Waals surface area (Å²) in [6.45, 7) is 6.19. The maximum absolute atomic E-state index is 12.0. The van der Waals surface area contributed by atoms with Gasteiger partial charge in [0.25, 0.3) is 10.0 Å². The summed E-state index contributed by atoms with van der Waals surface area (Å²) in [5.74, 6) is 0.909. The van der Waals surface area contributed by atoms with Crippen LogP contribution < -0.4 is 4.72 Å². The lowest BCUT2D eigenvalue weighted by Gasteiger charge is -2.18. The Labute approximate surface area is 126 Å². The number of nitrogens with zero attached hydrogens (tertiary/aromatic N) is 2. The number of sulfonamides is 1. The highest BCUT2D eigenvalue weighted by Gasteiger charge is 2.30. The van der Waals surface area contributed by atoms with Gasteiger partial charge in [-0.2, -0.15) is 0 Å². The van der Waals surface area contributed by atoms with E-state index in [1.165, 1.54) is 25.9 Å². The molecule has 0 radical (unpaired) electrons. The molecule has 0 amide bonds. The molecule has 5 nitrogen and oxygen atoms in total. The smallest absolute Gasteiger partial charge is 0.263 e. The van der Waals surface area contributed by atoms with E-state index in [4.69, 9.17) is 0 Å². The molecular formula is C15H21N3O2S. The minimum atomic E-state index is -3.42. The van der Waals surface area contributed by atoms with Gasteiger partial charge in [0.2, 0.25) is 0 Å². The summed E-state index contributed by atoms with van der Waals surface area (Å²) in [4.78, 5) is 7.29. The first-order chi connectivity index (χ1) is 10.1. The zero-order chi connectivity index (χ0) is 14.9. The molecular weight excluding hydrogens is 286 g/mol. The first-order valence-electron chi connectivity index (χ1n) is 7.45. The zero-order valence-electron chi connectivity index (χ0n) is 12.2. The molecule has 2 heterocycles. The van der Waals surface area contributed by atoms with Gasteiger partial charge in [-0.3, -0.25) is 9.71 Å². The SMILES string of the molecule is CC(CN=C1NS(=O)(=O)c2ccccc21)CN1CCCC1. The number of nitrogens with one attached hydrogen (secondary N) is 1. The Kier molecular flexibility index (Phi) is 3.99. The number of rotatable bonds is 4. The molecule has 1 saturated heterocycles. The number of benzene rings is 1. The van der Waals surface area contributed by atoms with E-state index in [1.54, 1.807) is 18.2 Å². The predicted molar refractivity (Wildman–Crippen MR) is 83.0 cm³/mol. The van der Waals surface area contributed by atoms with Crippen LogP contribution in [0.3, 0.4) is 0 Å². The topological polar surface area (TPSA) is 61.8 Å². The lowest BCUT2D eigenvalue weighted by molar-refractivity contribution is 0.292. The second-order valence-corrected chi connectivity index (χ2v) is 7.55. The Morgan fingerprint density at radius 3 is 2.76 bits per heavy atom. The number of hydrogen-bond acceptors (Lipinski definition) is 4. The predicted octanol–water partition coefficient (Wildman–Crippen LogP) is 1.46. The lowest BCUT2D eigenvalue weighted by atomic mass is 10.1. The summed E-state index contributed by atoms with van der Waals surface area (Å²) in [7, 11) is -3.42. The van der Waals surface area contributed by atoms with Crippen molar-refractivity contribution in [2.24, 2.45) is 10.9 Å². The zero-order valence-corrected chi connectivity index (χ0v) is 13.1. The van der Waals surface area contributed by atoms with E-state index in [-0.39, 0.29) is 0 Å². The van der Waals surface area contributed by atoms with Gasteiger partial charge in [0, 0.05) is 18.7 Å². The number of likely N-dealkylation sites (tertiary alicyclic amines) is 1. The largest absolute Gasteiger partial charge is 0.303 e. The standard InChI is InChI=1S/C15H21N3O2S/c1-12(11-18-8-4-5-9-18)10-16-15-13-6-2-3-7-14(13)21(19,20)17-15/h2-3,6-7,12H,4-5,8-11H2,1H3,(H,16,17). The Morgan fingerprint density at radius 2 is 2.00 bits per heavy atom. The summed E-state index contributed by atoms with van der Waals surface area (Å²) in [5.41, 5.74) is 0.686. The van der Waals surface area contributed by atoms with Gasteiger partial charge >= 0.3 is 0 Å². The molecule has 3 rings (SSSR count). The van der Waals surface area contributed by atoms with Crippen molar-refractivity contribution in [1.82, 2.24) is 9.62 Å². The Morgan fingerprint density at radius 1 is 1.29 bits per heavy atom. The van der Waals surface area contributed by atoms with Crippen LogP contribution in [0.25, 0.3) is 0 Å². The summed E-state index contributed by atoms with van der Waals surface area (Å²) >= 11 is 0. The normalized spacial score (nSPS) is 24.0. The highest BCUT2D eigenvalue weighted by atomic mass is 32.2. The van der Waals surface area contributed by atoms with Crippen LogP contribution in [0.15, 0.2) is 34.2 Å². The van der Waals surface area contributed by atoms with E-state index in [2.05, 4.69) is 21.5 Å². The van der Waals surface area contributed by atoms with Crippen LogP contribution in [0.4, 0.5) is 0 Å². The van der Waals surface area contributed by atoms with Gasteiger partial charge in [-0.15, -0.1) is 0 Å². The molecule has 1 atom stereocenters. The van der Waals surface area contributed by atoms with E-state index in [0.717, 1.165) is 6.54 Å². The number of fused-ring (bicyclic) bond motifs is 1. The molecule has 1 N–H and O–H groups in total. The van der Waals surface area contributed by atoms with Crippen molar-refractivity contribution in [3.8, 4) is 0 Å². The van der Waals surface area contributed by atoms with E-state index in [1.807, 2.05) is 6.07 Å². The molecule has 2 aliphatic heterocycles. The molecule has 1 aromatic carbocycles. The van der Waals surface area contributed by atoms with Crippen molar-refractivity contribution >= 4 is 15.9 Å². The molecule has 2 aliphatic rings. The molecule has 1 unspecified atom stereocenters. The van der Waals surface area contributed by atoms with E-state index < -0.39 is 10.0 Å². The summed E-state index contributed by atoms with van der Waals surface area (Å²) in [6, 6.07) is 6.99. The van der Waals surface area contributed by atoms with Crippen LogP contribution in [-0.2, 0) is 10.0 Å². The Bertz CT molecular complexity index is 649. The molecule has 21 heavy (non-hydrogen) atoms. The van der Waals surface area contributed by atoms with Crippen LogP contribution in [-0.4, -0.2) is 45.3 Å². The van der Waals surface area contributed by atoms with Gasteiger partial charge in [-0.1, -0.05) is 19.1 Å². The fraction of sp³-hybridized carbons (Fsp3) is 0.533. The monoisotopic (exact) mass is 307 g/mol. The van der Waals surface area contributed by atoms with Crippen LogP contribution in [0, 0.1) is 5.92 Å². The fourth-order valence-corrected chi connectivity index (χ4v) is 4.21. The first-order valence-corrected chi connectivity index (χ1v) is 8.93. The minimum Gasteiger partial charge on any atom is -0.303 e. The lowest BCUT2D eigenvalue weighted by Crippen LogP contribution is -2.28. The molecule has 0 aromatic heterocycles. The molecule has 1 aromatic rings. The Balaban J connectivity index is 1.70. The van der Waals surface area contributed by atoms with Crippen molar-refractivity contribution in [2.45, 2.75) is 24.7 Å². The third-order valence-corrected chi connectivity index (χ3v) is 5.39. The van der Waals surface area contributed by atoms with Gasteiger partial charge in [-0.25, -0.2) is 8.42 Å². The first kappa shape index (κ1) is 14.5. The van der Waals surface area contributed by atoms with E-state index >= 15 is 0 Å². The number of amidine groups is 1. The van der Waals surface area contributed by atoms with Crippen LogP contribution in [0.2, 0.25) is 0 Å². The van der Waals surface area contributed by atoms with Crippen LogP contribution in [0.5, 0.6) is 0 Å².